The maximum atomic E-state index is 12.3. The molecule has 0 atom stereocenters. The number of carbonyl (C=O) groups is 1. The summed E-state index contributed by atoms with van der Waals surface area (Å²) in [5.41, 5.74) is 6.61. The van der Waals surface area contributed by atoms with Crippen LogP contribution in [0.5, 0.6) is 0 Å². The molecule has 0 aliphatic heterocycles. The molecule has 0 fully saturated rings. The smallest absolute Gasteiger partial charge is 0.224 e. The number of nitrogens with zero attached hydrogens (tertiary/aromatic N) is 2. The van der Waals surface area contributed by atoms with E-state index in [2.05, 4.69) is 29.5 Å². The molecule has 0 aliphatic rings. The van der Waals surface area contributed by atoms with Crippen molar-refractivity contribution in [2.45, 2.75) is 40.3 Å². The number of hydrogen-bond donors (Lipinski definition) is 1. The normalized spacial score (nSPS) is 10.7. The van der Waals surface area contributed by atoms with Gasteiger partial charge in [-0.05, 0) is 31.9 Å². The summed E-state index contributed by atoms with van der Waals surface area (Å²) in [5, 5.41) is 7.67. The van der Waals surface area contributed by atoms with Gasteiger partial charge in [0.15, 0.2) is 0 Å². The van der Waals surface area contributed by atoms with Crippen LogP contribution in [-0.4, -0.2) is 15.7 Å². The van der Waals surface area contributed by atoms with Crippen LogP contribution in [0.1, 0.15) is 33.6 Å². The Hall–Kier alpha value is -2.88. The molecule has 26 heavy (non-hydrogen) atoms. The van der Waals surface area contributed by atoms with Gasteiger partial charge < -0.3 is 5.32 Å². The lowest BCUT2D eigenvalue weighted by Gasteiger charge is -2.08. The second-order valence-corrected chi connectivity index (χ2v) is 6.73. The molecule has 0 spiro atoms. The number of carbonyl (C=O) groups excluding carboxylic acids is 1. The highest BCUT2D eigenvalue weighted by Crippen LogP contribution is 2.15. The van der Waals surface area contributed by atoms with E-state index in [1.165, 1.54) is 11.1 Å². The van der Waals surface area contributed by atoms with Crippen molar-refractivity contribution < 1.29 is 4.79 Å². The van der Waals surface area contributed by atoms with Crippen LogP contribution < -0.4 is 5.32 Å². The first-order valence-electron chi connectivity index (χ1n) is 8.92. The van der Waals surface area contributed by atoms with Crippen molar-refractivity contribution in [3.63, 3.8) is 0 Å². The first-order chi connectivity index (χ1) is 12.5. The van der Waals surface area contributed by atoms with Crippen LogP contribution in [0.4, 0.5) is 0 Å². The van der Waals surface area contributed by atoms with E-state index in [0.29, 0.717) is 13.0 Å². The third kappa shape index (κ3) is 4.39. The average Bonchev–Trinajstić information content (AvgIpc) is 2.89. The maximum Gasteiger partial charge on any atom is 0.224 e. The highest BCUT2D eigenvalue weighted by molar-refractivity contribution is 5.78. The Bertz CT molecular complexity index is 880. The minimum Gasteiger partial charge on any atom is -0.352 e. The van der Waals surface area contributed by atoms with Crippen LogP contribution in [0.25, 0.3) is 0 Å². The third-order valence-corrected chi connectivity index (χ3v) is 4.65. The molecule has 1 N–H and O–H groups in total. The molecule has 0 bridgehead atoms. The van der Waals surface area contributed by atoms with E-state index in [1.807, 2.05) is 61.0 Å². The molecule has 1 heterocycles. The monoisotopic (exact) mass is 347 g/mol. The van der Waals surface area contributed by atoms with Crippen molar-refractivity contribution in [1.29, 1.82) is 0 Å². The second kappa shape index (κ2) is 8.00. The lowest BCUT2D eigenvalue weighted by molar-refractivity contribution is -0.120. The molecule has 2 aromatic carbocycles. The zero-order valence-corrected chi connectivity index (χ0v) is 15.6. The van der Waals surface area contributed by atoms with Gasteiger partial charge in [-0.3, -0.25) is 9.48 Å². The molecule has 0 unspecified atom stereocenters. The molecule has 1 aromatic heterocycles. The molecule has 3 rings (SSSR count). The zero-order valence-electron chi connectivity index (χ0n) is 15.6. The van der Waals surface area contributed by atoms with Crippen molar-refractivity contribution in [1.82, 2.24) is 15.1 Å². The van der Waals surface area contributed by atoms with E-state index in [1.54, 1.807) is 0 Å². The van der Waals surface area contributed by atoms with Crippen LogP contribution in [-0.2, 0) is 24.3 Å². The van der Waals surface area contributed by atoms with Crippen molar-refractivity contribution in [3.8, 4) is 0 Å². The Kier molecular flexibility index (Phi) is 5.52. The zero-order chi connectivity index (χ0) is 18.5. The molecule has 4 heteroatoms. The number of rotatable bonds is 6. The van der Waals surface area contributed by atoms with Gasteiger partial charge in [-0.25, -0.2) is 0 Å². The van der Waals surface area contributed by atoms with Crippen molar-refractivity contribution in [3.05, 3.63) is 88.2 Å². The number of amides is 1. The van der Waals surface area contributed by atoms with Gasteiger partial charge in [0.1, 0.15) is 0 Å². The van der Waals surface area contributed by atoms with Crippen molar-refractivity contribution in [2.24, 2.45) is 0 Å². The molecule has 0 saturated heterocycles. The lowest BCUT2D eigenvalue weighted by atomic mass is 10.1. The van der Waals surface area contributed by atoms with E-state index in [0.717, 1.165) is 29.1 Å². The number of hydrogen-bond acceptors (Lipinski definition) is 2. The van der Waals surface area contributed by atoms with Crippen LogP contribution in [0, 0.1) is 20.8 Å². The Morgan fingerprint density at radius 2 is 1.65 bits per heavy atom. The first-order valence-corrected chi connectivity index (χ1v) is 8.92. The predicted molar refractivity (Wildman–Crippen MR) is 104 cm³/mol. The van der Waals surface area contributed by atoms with Gasteiger partial charge in [0.05, 0.1) is 18.7 Å². The maximum absolute atomic E-state index is 12.3. The largest absolute Gasteiger partial charge is 0.352 e. The Morgan fingerprint density at radius 1 is 0.962 bits per heavy atom. The number of aryl methyl sites for hydroxylation is 2. The van der Waals surface area contributed by atoms with E-state index in [4.69, 9.17) is 0 Å². The van der Waals surface area contributed by atoms with Gasteiger partial charge >= 0.3 is 0 Å². The summed E-state index contributed by atoms with van der Waals surface area (Å²) in [7, 11) is 0. The summed E-state index contributed by atoms with van der Waals surface area (Å²) in [6, 6.07) is 18.3. The van der Waals surface area contributed by atoms with Gasteiger partial charge in [-0.15, -0.1) is 0 Å². The highest BCUT2D eigenvalue weighted by atomic mass is 16.1. The molecular weight excluding hydrogens is 322 g/mol. The second-order valence-electron chi connectivity index (χ2n) is 6.73. The summed E-state index contributed by atoms with van der Waals surface area (Å²) in [5.74, 6) is 0.0310. The van der Waals surface area contributed by atoms with Crippen LogP contribution in [0.3, 0.4) is 0 Å². The van der Waals surface area contributed by atoms with Gasteiger partial charge in [-0.2, -0.15) is 5.10 Å². The van der Waals surface area contributed by atoms with Gasteiger partial charge in [0.25, 0.3) is 0 Å². The quantitative estimate of drug-likeness (QED) is 0.739. The molecular formula is C22H25N3O. The first kappa shape index (κ1) is 17.9. The summed E-state index contributed by atoms with van der Waals surface area (Å²) < 4.78 is 2.01. The van der Waals surface area contributed by atoms with Crippen molar-refractivity contribution >= 4 is 5.91 Å². The van der Waals surface area contributed by atoms with E-state index in [9.17, 15) is 4.79 Å². The lowest BCUT2D eigenvalue weighted by Crippen LogP contribution is -2.25. The number of aromatic nitrogens is 2. The fourth-order valence-corrected chi connectivity index (χ4v) is 3.04. The molecule has 3 aromatic rings. The number of nitrogens with one attached hydrogen (secondary N) is 1. The Labute approximate surface area is 154 Å². The highest BCUT2D eigenvalue weighted by Gasteiger charge is 2.13. The summed E-state index contributed by atoms with van der Waals surface area (Å²) in [4.78, 5) is 12.3. The fourth-order valence-electron chi connectivity index (χ4n) is 3.04. The van der Waals surface area contributed by atoms with Gasteiger partial charge in [0, 0.05) is 17.8 Å². The predicted octanol–water partition coefficient (Wildman–Crippen LogP) is 3.72. The molecule has 0 radical (unpaired) electrons. The molecule has 1 amide bonds. The summed E-state index contributed by atoms with van der Waals surface area (Å²) in [6.45, 7) is 7.35. The van der Waals surface area contributed by atoms with Crippen LogP contribution in [0.2, 0.25) is 0 Å². The summed E-state index contributed by atoms with van der Waals surface area (Å²) in [6.07, 6.45) is 0.399. The van der Waals surface area contributed by atoms with Gasteiger partial charge in [0.2, 0.25) is 5.91 Å². The fraction of sp³-hybridized carbons (Fsp3) is 0.273. The Morgan fingerprint density at radius 3 is 2.35 bits per heavy atom. The standard InChI is InChI=1S/C22H25N3O/c1-16-9-11-19(12-10-16)13-22(26)23-14-21-17(2)24-25(18(21)3)15-20-7-5-4-6-8-20/h4-12H,13-15H2,1-3H3,(H,23,26). The van der Waals surface area contributed by atoms with Crippen molar-refractivity contribution in [2.75, 3.05) is 0 Å². The minimum absolute atomic E-state index is 0.0310. The molecule has 134 valence electrons. The minimum atomic E-state index is 0.0310. The third-order valence-electron chi connectivity index (χ3n) is 4.65. The molecule has 0 aliphatic carbocycles. The number of benzene rings is 2. The topological polar surface area (TPSA) is 46.9 Å². The molecule has 0 saturated carbocycles. The van der Waals surface area contributed by atoms with Gasteiger partial charge in [-0.1, -0.05) is 60.2 Å². The summed E-state index contributed by atoms with van der Waals surface area (Å²) >= 11 is 0. The van der Waals surface area contributed by atoms with Crippen LogP contribution in [0.15, 0.2) is 54.6 Å². The van der Waals surface area contributed by atoms with E-state index < -0.39 is 0 Å². The van der Waals surface area contributed by atoms with E-state index in [-0.39, 0.29) is 5.91 Å². The molecule has 4 nitrogen and oxygen atoms in total. The SMILES string of the molecule is Cc1ccc(CC(=O)NCc2c(C)nn(Cc3ccccc3)c2C)cc1. The van der Waals surface area contributed by atoms with Crippen LogP contribution >= 0.6 is 0 Å². The Balaban J connectivity index is 1.62. The average molecular weight is 347 g/mol. The van der Waals surface area contributed by atoms with E-state index >= 15 is 0 Å².